The Hall–Kier alpha value is -8.19. The second kappa shape index (κ2) is 41.8. The molecule has 0 radical (unpaired) electrons. The number of esters is 3. The SMILES string of the molecule is COC(=O)C1CC[C@H](C)N(C(=O)OC(C)(C)C)C1.COC(=O)C1CC[C@H](C)NC1.COC(=O)c1ccc(C)nc1.Cc1noc([C@@H]2CC[C@H](C)N(C(=O)OC(C)(C)C)C2)n1.Cc1noc([C@@H]2CC[C@H](C)NC2)n1.Cc1noc([C@H]2CC[C@H](C)N(C(=O)OC(C)(C)C)C2)n1.Cc1noc([C@H]2CC[C@H](C)NC2)n1. The fourth-order valence-corrected chi connectivity index (χ4v) is 12.2. The van der Waals surface area contributed by atoms with Crippen LogP contribution in [0.5, 0.6) is 0 Å². The highest BCUT2D eigenvalue weighted by molar-refractivity contribution is 5.88. The Morgan fingerprint density at radius 3 is 1.02 bits per heavy atom. The number of rotatable bonds is 7. The van der Waals surface area contributed by atoms with Crippen LogP contribution in [0.3, 0.4) is 0 Å². The lowest BCUT2D eigenvalue weighted by Gasteiger charge is -2.37. The molecule has 6 fully saturated rings. The molecule has 12 atom stereocenters. The minimum Gasteiger partial charge on any atom is -0.469 e. The summed E-state index contributed by atoms with van der Waals surface area (Å²) < 4.78 is 50.9. The Labute approximate surface area is 626 Å². The molecule has 106 heavy (non-hydrogen) atoms. The quantitative estimate of drug-likeness (QED) is 0.101. The van der Waals surface area contributed by atoms with Crippen molar-refractivity contribution in [3.63, 3.8) is 0 Å². The standard InChI is InChI=1S/2C14H23N3O3.C13H23NO4.2C9H15N3O.C8H15NO2.C8H9NO2/c2*1-9-6-7-11(12-15-10(2)16-20-12)8-17(9)13(18)19-14(3,4)5;1-9-6-7-10(11(15)17-5)8-14(9)12(16)18-13(2,3)4;2*1-6-3-4-8(5-10-6)9-11-7(2)12-13-9;2*1-6-3-4-7(5-9-6)8(10)11-2/h2*9,11H,6-8H2,1-5H3;9-10H,6-8H2,1-5H3;2*6,8,10H,3-5H2,1-2H3;6-7,9H,3-5H2,1-2H3;3-5H,1-2H3/t9-,11+;9-,11-;9-,10?;6-,8+;6-,8-;6-,7?;/m000000./s1. The number of ether oxygens (including phenoxy) is 6. The predicted molar refractivity (Wildman–Crippen MR) is 393 cm³/mol. The third-order valence-corrected chi connectivity index (χ3v) is 18.5. The molecule has 5 aromatic rings. The Morgan fingerprint density at radius 2 is 0.726 bits per heavy atom. The Kier molecular flexibility index (Phi) is 34.9. The van der Waals surface area contributed by atoms with Gasteiger partial charge >= 0.3 is 36.2 Å². The Balaban J connectivity index is 0.000000225. The zero-order valence-corrected chi connectivity index (χ0v) is 67.3. The van der Waals surface area contributed by atoms with Crippen LogP contribution in [0.2, 0.25) is 0 Å². The van der Waals surface area contributed by atoms with Crippen LogP contribution < -0.4 is 16.0 Å². The minimum absolute atomic E-state index is 0.0793. The van der Waals surface area contributed by atoms with Crippen molar-refractivity contribution >= 4 is 36.2 Å². The first kappa shape index (κ1) is 88.4. The van der Waals surface area contributed by atoms with Crippen LogP contribution >= 0.6 is 0 Å². The number of nitrogens with one attached hydrogen (secondary N) is 3. The van der Waals surface area contributed by atoms with Gasteiger partial charge in [0.05, 0.1) is 62.4 Å². The van der Waals surface area contributed by atoms with Gasteiger partial charge in [-0.2, -0.15) is 19.9 Å². The summed E-state index contributed by atoms with van der Waals surface area (Å²) >= 11 is 0. The van der Waals surface area contributed by atoms with Crippen LogP contribution in [0, 0.1) is 46.5 Å². The summed E-state index contributed by atoms with van der Waals surface area (Å²) in [6.07, 6.45) is 12.6. The molecule has 0 saturated carbocycles. The van der Waals surface area contributed by atoms with Gasteiger partial charge in [-0.25, -0.2) is 19.2 Å². The van der Waals surface area contributed by atoms with Gasteiger partial charge in [-0.3, -0.25) is 14.6 Å². The van der Waals surface area contributed by atoms with Crippen molar-refractivity contribution < 1.29 is 75.3 Å². The van der Waals surface area contributed by atoms with Crippen LogP contribution in [-0.2, 0) is 38.0 Å². The third-order valence-electron chi connectivity index (χ3n) is 18.5. The molecule has 0 bridgehead atoms. The van der Waals surface area contributed by atoms with E-state index in [-0.39, 0.29) is 78.0 Å². The molecule has 2 unspecified atom stereocenters. The van der Waals surface area contributed by atoms with E-state index in [2.05, 4.69) is 91.7 Å². The lowest BCUT2D eigenvalue weighted by Crippen LogP contribution is -2.49. The summed E-state index contributed by atoms with van der Waals surface area (Å²) in [6.45, 7) is 42.7. The van der Waals surface area contributed by atoms with Crippen LogP contribution in [0.15, 0.2) is 36.4 Å². The van der Waals surface area contributed by atoms with Crippen molar-refractivity contribution in [1.82, 2.24) is 76.2 Å². The molecule has 5 aromatic heterocycles. The van der Waals surface area contributed by atoms with Crippen molar-refractivity contribution in [2.24, 2.45) is 11.8 Å². The van der Waals surface area contributed by atoms with Crippen LogP contribution in [0.25, 0.3) is 0 Å². The van der Waals surface area contributed by atoms with E-state index in [9.17, 15) is 28.8 Å². The number of nitrogens with zero attached hydrogens (tertiary/aromatic N) is 12. The molecule has 0 spiro atoms. The number of likely N-dealkylation sites (tertiary alicyclic amines) is 3. The summed E-state index contributed by atoms with van der Waals surface area (Å²) in [5, 5.41) is 25.3. The van der Waals surface area contributed by atoms with Gasteiger partial charge in [-0.15, -0.1) is 0 Å². The molecule has 0 aromatic carbocycles. The molecule has 3 N–H and O–H groups in total. The van der Waals surface area contributed by atoms with E-state index in [0.717, 1.165) is 113 Å². The van der Waals surface area contributed by atoms with E-state index in [0.29, 0.717) is 78.6 Å². The number of aryl methyl sites for hydroxylation is 5. The monoisotopic (exact) mass is 1490 g/mol. The number of amides is 3. The van der Waals surface area contributed by atoms with Crippen molar-refractivity contribution in [1.29, 1.82) is 0 Å². The summed E-state index contributed by atoms with van der Waals surface area (Å²) in [7, 11) is 4.17. The molecule has 6 saturated heterocycles. The van der Waals surface area contributed by atoms with Gasteiger partial charge in [0, 0.05) is 87.4 Å². The lowest BCUT2D eigenvalue weighted by atomic mass is 9.93. The third kappa shape index (κ3) is 30.6. The summed E-state index contributed by atoms with van der Waals surface area (Å²) in [4.78, 5) is 96.0. The van der Waals surface area contributed by atoms with Gasteiger partial charge in [0.15, 0.2) is 23.3 Å². The van der Waals surface area contributed by atoms with Gasteiger partial charge in [0.1, 0.15) is 16.8 Å². The highest BCUT2D eigenvalue weighted by atomic mass is 16.6. The summed E-state index contributed by atoms with van der Waals surface area (Å²) in [5.74, 6) is 5.70. The van der Waals surface area contributed by atoms with E-state index in [1.807, 2.05) is 104 Å². The predicted octanol–water partition coefficient (Wildman–Crippen LogP) is 12.1. The van der Waals surface area contributed by atoms with Crippen molar-refractivity contribution in [2.75, 3.05) is 60.6 Å². The summed E-state index contributed by atoms with van der Waals surface area (Å²) in [5.41, 5.74) is -0.110. The van der Waals surface area contributed by atoms with E-state index >= 15 is 0 Å². The van der Waals surface area contributed by atoms with E-state index in [4.69, 9.17) is 37.0 Å². The number of hydrogen-bond acceptors (Lipinski definition) is 28. The van der Waals surface area contributed by atoms with Crippen LogP contribution in [-0.4, -0.2) is 210 Å². The summed E-state index contributed by atoms with van der Waals surface area (Å²) in [6, 6.07) is 5.70. The zero-order chi connectivity index (χ0) is 78.8. The van der Waals surface area contributed by atoms with Crippen molar-refractivity contribution in [3.05, 3.63) is 76.4 Å². The molecule has 11 rings (SSSR count). The zero-order valence-electron chi connectivity index (χ0n) is 67.3. The number of carbonyl (C=O) groups is 6. The Morgan fingerprint density at radius 1 is 0.406 bits per heavy atom. The van der Waals surface area contributed by atoms with Gasteiger partial charge in [0.2, 0.25) is 23.6 Å². The van der Waals surface area contributed by atoms with E-state index in [1.165, 1.54) is 40.4 Å². The molecule has 11 heterocycles. The first-order chi connectivity index (χ1) is 49.7. The topological polar surface area (TPSA) is 372 Å². The lowest BCUT2D eigenvalue weighted by molar-refractivity contribution is -0.148. The molecule has 6 aliphatic rings. The highest BCUT2D eigenvalue weighted by Gasteiger charge is 2.39. The van der Waals surface area contributed by atoms with Crippen molar-refractivity contribution in [3.8, 4) is 0 Å². The number of methoxy groups -OCH3 is 3. The molecule has 6 aliphatic heterocycles. The normalized spacial score (nSPS) is 24.5. The van der Waals surface area contributed by atoms with Crippen molar-refractivity contribution in [2.45, 2.75) is 292 Å². The first-order valence-electron chi connectivity index (χ1n) is 37.3. The first-order valence-corrected chi connectivity index (χ1v) is 37.3. The fraction of sp³-hybridized carbons (Fsp3) is 0.747. The number of carbonyl (C=O) groups excluding carboxylic acids is 6. The molecule has 594 valence electrons. The largest absolute Gasteiger partial charge is 0.469 e. The minimum atomic E-state index is -0.519. The maximum Gasteiger partial charge on any atom is 0.410 e. The van der Waals surface area contributed by atoms with Gasteiger partial charge in [-0.1, -0.05) is 20.6 Å². The maximum atomic E-state index is 12.2. The molecule has 0 aliphatic carbocycles. The highest BCUT2D eigenvalue weighted by Crippen LogP contribution is 2.33. The second-order valence-corrected chi connectivity index (χ2v) is 31.5. The fourth-order valence-electron chi connectivity index (χ4n) is 12.2. The Bertz CT molecular complexity index is 3310. The molecular weight excluding hydrogens is 1370 g/mol. The number of aromatic nitrogens is 9. The van der Waals surface area contributed by atoms with Crippen LogP contribution in [0.1, 0.15) is 267 Å². The number of hydrogen-bond donors (Lipinski definition) is 3. The van der Waals surface area contributed by atoms with Gasteiger partial charge in [-0.05, 0) is 228 Å². The van der Waals surface area contributed by atoms with Crippen LogP contribution in [0.4, 0.5) is 14.4 Å². The van der Waals surface area contributed by atoms with Gasteiger partial charge < -0.3 is 77.2 Å². The maximum absolute atomic E-state index is 12.2. The molecule has 31 heteroatoms. The van der Waals surface area contributed by atoms with Gasteiger partial charge in [0.25, 0.3) is 0 Å². The van der Waals surface area contributed by atoms with E-state index < -0.39 is 16.8 Å². The smallest absolute Gasteiger partial charge is 0.410 e. The second-order valence-electron chi connectivity index (χ2n) is 31.5. The van der Waals surface area contributed by atoms with E-state index in [1.54, 1.807) is 40.7 Å². The average molecular weight is 1490 g/mol. The molecule has 3 amide bonds. The molecule has 31 nitrogen and oxygen atoms in total. The number of piperidine rings is 6. The number of pyridine rings is 1. The average Bonchev–Trinajstić information content (AvgIpc) is 1.35. The molecular formula is C75H123N15O16.